The summed E-state index contributed by atoms with van der Waals surface area (Å²) in [5.74, 6) is -0.128. The van der Waals surface area contributed by atoms with Gasteiger partial charge in [0.25, 0.3) is 0 Å². The second-order valence-corrected chi connectivity index (χ2v) is 4.31. The molecule has 18 heavy (non-hydrogen) atoms. The molecule has 4 heteroatoms. The lowest BCUT2D eigenvalue weighted by Crippen LogP contribution is -2.36. The number of nitriles is 1. The lowest BCUT2D eigenvalue weighted by Gasteiger charge is -2.21. The molecule has 0 aromatic heterocycles. The maximum Gasteiger partial charge on any atom is 0.328 e. The molecule has 1 aromatic rings. The third-order valence-corrected chi connectivity index (χ3v) is 2.54. The predicted molar refractivity (Wildman–Crippen MR) is 70.0 cm³/mol. The maximum absolute atomic E-state index is 11.8. The van der Waals surface area contributed by atoms with E-state index in [4.69, 9.17) is 10.00 Å². The molecule has 0 aliphatic rings. The normalized spacial score (nSPS) is 11.7. The highest BCUT2D eigenvalue weighted by molar-refractivity contribution is 5.79. The first-order valence-corrected chi connectivity index (χ1v) is 6.01. The Morgan fingerprint density at radius 3 is 2.44 bits per heavy atom. The fourth-order valence-corrected chi connectivity index (χ4v) is 1.55. The van der Waals surface area contributed by atoms with Crippen LogP contribution in [0.2, 0.25) is 0 Å². The monoisotopic (exact) mass is 246 g/mol. The van der Waals surface area contributed by atoms with Crippen LogP contribution in [-0.2, 0) is 9.53 Å². The summed E-state index contributed by atoms with van der Waals surface area (Å²) in [7, 11) is 0. The van der Waals surface area contributed by atoms with Crippen LogP contribution in [0.4, 0.5) is 5.69 Å². The Kier molecular flexibility index (Phi) is 5.19. The highest BCUT2D eigenvalue weighted by Gasteiger charge is 2.23. The van der Waals surface area contributed by atoms with Gasteiger partial charge in [-0.3, -0.25) is 0 Å². The van der Waals surface area contributed by atoms with Gasteiger partial charge in [0.15, 0.2) is 0 Å². The zero-order valence-electron chi connectivity index (χ0n) is 10.9. The number of benzene rings is 1. The fourth-order valence-electron chi connectivity index (χ4n) is 1.55. The molecule has 1 atom stereocenters. The van der Waals surface area contributed by atoms with E-state index in [2.05, 4.69) is 11.4 Å². The number of esters is 1. The van der Waals surface area contributed by atoms with E-state index in [0.29, 0.717) is 12.2 Å². The van der Waals surface area contributed by atoms with Gasteiger partial charge in [0.2, 0.25) is 0 Å². The summed E-state index contributed by atoms with van der Waals surface area (Å²) in [6.45, 7) is 6.07. The fraction of sp³-hybridized carbons (Fsp3) is 0.429. The number of carbonyl (C=O) groups excluding carboxylic acids is 1. The SMILES string of the molecule is CCOC(=O)[C@@H](Nc1ccc(C#N)cc1)C(C)C. The molecule has 0 saturated heterocycles. The molecular formula is C14H18N2O2. The lowest BCUT2D eigenvalue weighted by molar-refractivity contribution is -0.145. The molecule has 0 spiro atoms. The van der Waals surface area contributed by atoms with Gasteiger partial charge in [-0.15, -0.1) is 0 Å². The summed E-state index contributed by atoms with van der Waals surface area (Å²) >= 11 is 0. The van der Waals surface area contributed by atoms with E-state index in [1.165, 1.54) is 0 Å². The second-order valence-electron chi connectivity index (χ2n) is 4.31. The average Bonchev–Trinajstić information content (AvgIpc) is 2.36. The van der Waals surface area contributed by atoms with Crippen LogP contribution in [0.25, 0.3) is 0 Å². The van der Waals surface area contributed by atoms with E-state index < -0.39 is 0 Å². The van der Waals surface area contributed by atoms with Crippen molar-refractivity contribution >= 4 is 11.7 Å². The lowest BCUT2D eigenvalue weighted by atomic mass is 10.0. The van der Waals surface area contributed by atoms with E-state index >= 15 is 0 Å². The van der Waals surface area contributed by atoms with Crippen molar-refractivity contribution in [2.24, 2.45) is 5.92 Å². The number of ether oxygens (including phenoxy) is 1. The molecule has 0 amide bonds. The molecule has 0 bridgehead atoms. The van der Waals surface area contributed by atoms with Crippen LogP contribution in [0, 0.1) is 17.2 Å². The smallest absolute Gasteiger partial charge is 0.328 e. The average molecular weight is 246 g/mol. The topological polar surface area (TPSA) is 62.1 Å². The summed E-state index contributed by atoms with van der Waals surface area (Å²) in [5, 5.41) is 11.8. The second kappa shape index (κ2) is 6.65. The van der Waals surface area contributed by atoms with Crippen molar-refractivity contribution < 1.29 is 9.53 Å². The Labute approximate surface area is 108 Å². The Morgan fingerprint density at radius 1 is 1.39 bits per heavy atom. The standard InChI is InChI=1S/C14H18N2O2/c1-4-18-14(17)13(10(2)3)16-12-7-5-11(9-15)6-8-12/h5-8,10,13,16H,4H2,1-3H3/t13-/m0/s1. The van der Waals surface area contributed by atoms with Crippen molar-refractivity contribution in [2.45, 2.75) is 26.8 Å². The Hall–Kier alpha value is -2.02. The summed E-state index contributed by atoms with van der Waals surface area (Å²) < 4.78 is 5.03. The molecule has 0 unspecified atom stereocenters. The first kappa shape index (κ1) is 14.0. The van der Waals surface area contributed by atoms with Crippen molar-refractivity contribution in [1.29, 1.82) is 5.26 Å². The molecule has 4 nitrogen and oxygen atoms in total. The van der Waals surface area contributed by atoms with Crippen LogP contribution < -0.4 is 5.32 Å². The molecule has 0 aliphatic carbocycles. The zero-order valence-corrected chi connectivity index (χ0v) is 10.9. The van der Waals surface area contributed by atoms with Crippen molar-refractivity contribution in [3.8, 4) is 6.07 Å². The number of rotatable bonds is 5. The Morgan fingerprint density at radius 2 is 2.00 bits per heavy atom. The minimum atomic E-state index is -0.377. The van der Waals surface area contributed by atoms with Crippen molar-refractivity contribution in [2.75, 3.05) is 11.9 Å². The van der Waals surface area contributed by atoms with Gasteiger partial charge < -0.3 is 10.1 Å². The molecule has 0 heterocycles. The van der Waals surface area contributed by atoms with Gasteiger partial charge in [0.05, 0.1) is 18.2 Å². The first-order valence-electron chi connectivity index (χ1n) is 6.01. The van der Waals surface area contributed by atoms with Crippen LogP contribution in [0.1, 0.15) is 26.3 Å². The van der Waals surface area contributed by atoms with Gasteiger partial charge in [0, 0.05) is 5.69 Å². The molecule has 0 aliphatic heterocycles. The predicted octanol–water partition coefficient (Wildman–Crippen LogP) is 2.56. The van der Waals surface area contributed by atoms with Crippen LogP contribution in [0.15, 0.2) is 24.3 Å². The third kappa shape index (κ3) is 3.77. The number of nitrogens with one attached hydrogen (secondary N) is 1. The summed E-state index contributed by atoms with van der Waals surface area (Å²) in [4.78, 5) is 11.8. The first-order chi connectivity index (χ1) is 8.58. The quantitative estimate of drug-likeness (QED) is 0.811. The molecule has 1 rings (SSSR count). The van der Waals surface area contributed by atoms with Gasteiger partial charge in [-0.05, 0) is 37.1 Å². The van der Waals surface area contributed by atoms with Gasteiger partial charge in [-0.2, -0.15) is 5.26 Å². The molecule has 0 saturated carbocycles. The molecule has 96 valence electrons. The highest BCUT2D eigenvalue weighted by Crippen LogP contribution is 2.15. The highest BCUT2D eigenvalue weighted by atomic mass is 16.5. The summed E-state index contributed by atoms with van der Waals surface area (Å²) in [5.41, 5.74) is 1.40. The molecule has 0 fully saturated rings. The third-order valence-electron chi connectivity index (χ3n) is 2.54. The van der Waals surface area contributed by atoms with Crippen LogP contribution >= 0.6 is 0 Å². The van der Waals surface area contributed by atoms with E-state index in [1.807, 2.05) is 13.8 Å². The van der Waals surface area contributed by atoms with Gasteiger partial charge in [0.1, 0.15) is 6.04 Å². The van der Waals surface area contributed by atoms with E-state index in [1.54, 1.807) is 31.2 Å². The van der Waals surface area contributed by atoms with Crippen molar-refractivity contribution in [3.05, 3.63) is 29.8 Å². The Bertz CT molecular complexity index is 432. The van der Waals surface area contributed by atoms with E-state index in [0.717, 1.165) is 5.69 Å². The summed E-state index contributed by atoms with van der Waals surface area (Å²) in [6.07, 6.45) is 0. The van der Waals surface area contributed by atoms with Gasteiger partial charge >= 0.3 is 5.97 Å². The number of anilines is 1. The minimum absolute atomic E-state index is 0.125. The van der Waals surface area contributed by atoms with Crippen LogP contribution in [-0.4, -0.2) is 18.6 Å². The molecule has 1 aromatic carbocycles. The zero-order chi connectivity index (χ0) is 13.5. The number of hydrogen-bond acceptors (Lipinski definition) is 4. The van der Waals surface area contributed by atoms with E-state index in [-0.39, 0.29) is 17.9 Å². The number of hydrogen-bond donors (Lipinski definition) is 1. The largest absolute Gasteiger partial charge is 0.464 e. The summed E-state index contributed by atoms with van der Waals surface area (Å²) in [6, 6.07) is 8.67. The van der Waals surface area contributed by atoms with Crippen LogP contribution in [0.3, 0.4) is 0 Å². The van der Waals surface area contributed by atoms with Crippen LogP contribution in [0.5, 0.6) is 0 Å². The minimum Gasteiger partial charge on any atom is -0.464 e. The van der Waals surface area contributed by atoms with Crippen molar-refractivity contribution in [1.82, 2.24) is 0 Å². The number of nitrogens with zero attached hydrogens (tertiary/aromatic N) is 1. The van der Waals surface area contributed by atoms with Gasteiger partial charge in [-0.25, -0.2) is 4.79 Å². The molecular weight excluding hydrogens is 228 g/mol. The van der Waals surface area contributed by atoms with Crippen molar-refractivity contribution in [3.63, 3.8) is 0 Å². The van der Waals surface area contributed by atoms with Gasteiger partial charge in [-0.1, -0.05) is 13.8 Å². The number of carbonyl (C=O) groups is 1. The molecule has 0 radical (unpaired) electrons. The van der Waals surface area contributed by atoms with E-state index in [9.17, 15) is 4.79 Å². The molecule has 1 N–H and O–H groups in total. The Balaban J connectivity index is 2.77. The maximum atomic E-state index is 11.8.